The summed E-state index contributed by atoms with van der Waals surface area (Å²) >= 11 is 5.87. The van der Waals surface area contributed by atoms with Gasteiger partial charge in [-0.15, -0.1) is 11.6 Å². The molecule has 4 nitrogen and oxygen atoms in total. The van der Waals surface area contributed by atoms with E-state index in [9.17, 15) is 4.79 Å². The van der Waals surface area contributed by atoms with Crippen LogP contribution >= 0.6 is 11.6 Å². The highest BCUT2D eigenvalue weighted by Gasteiger charge is 2.23. The van der Waals surface area contributed by atoms with Crippen LogP contribution in [0.2, 0.25) is 0 Å². The minimum atomic E-state index is -0.436. The summed E-state index contributed by atoms with van der Waals surface area (Å²) < 4.78 is 0. The summed E-state index contributed by atoms with van der Waals surface area (Å²) in [5.41, 5.74) is 2.11. The average molecular weight is 318 g/mol. The lowest BCUT2D eigenvalue weighted by molar-refractivity contribution is -0.132. The van der Waals surface area contributed by atoms with Gasteiger partial charge in [-0.05, 0) is 19.1 Å². The Morgan fingerprint density at radius 1 is 1.18 bits per heavy atom. The number of alkyl halides is 1. The molecule has 1 unspecified atom stereocenters. The second-order valence-electron chi connectivity index (χ2n) is 5.71. The number of rotatable bonds is 3. The summed E-state index contributed by atoms with van der Waals surface area (Å²) in [5, 5.41) is 0.728. The summed E-state index contributed by atoms with van der Waals surface area (Å²) in [7, 11) is 0. The highest BCUT2D eigenvalue weighted by molar-refractivity contribution is 6.30. The fourth-order valence-corrected chi connectivity index (χ4v) is 2.94. The lowest BCUT2D eigenvalue weighted by Crippen LogP contribution is -2.50. The van der Waals surface area contributed by atoms with E-state index in [1.54, 1.807) is 6.92 Å². The number of pyridine rings is 1. The molecule has 0 bridgehead atoms. The number of halogens is 1. The number of piperazine rings is 1. The predicted octanol–water partition coefficient (Wildman–Crippen LogP) is 2.51. The Hall–Kier alpha value is -1.65. The number of carbonyl (C=O) groups excluding carboxylic acids is 1. The maximum atomic E-state index is 11.9. The van der Waals surface area contributed by atoms with E-state index in [0.29, 0.717) is 0 Å². The molecule has 1 fully saturated rings. The molecule has 0 spiro atoms. The first-order valence-electron chi connectivity index (χ1n) is 7.63. The number of carbonyl (C=O) groups is 1. The molecule has 1 aliphatic rings. The van der Waals surface area contributed by atoms with Gasteiger partial charge in [-0.3, -0.25) is 14.7 Å². The molecule has 5 heteroatoms. The average Bonchev–Trinajstić information content (AvgIpc) is 2.55. The Labute approximate surface area is 135 Å². The third kappa shape index (κ3) is 3.39. The molecule has 0 saturated carbocycles. The van der Waals surface area contributed by atoms with Crippen molar-refractivity contribution in [3.05, 3.63) is 42.1 Å². The topological polar surface area (TPSA) is 36.4 Å². The molecular weight excluding hydrogens is 298 g/mol. The lowest BCUT2D eigenvalue weighted by Gasteiger charge is -2.35. The molecule has 1 aromatic carbocycles. The third-order valence-corrected chi connectivity index (χ3v) is 4.25. The number of nitrogens with zero attached hydrogens (tertiary/aromatic N) is 3. The van der Waals surface area contributed by atoms with Gasteiger partial charge in [0.2, 0.25) is 5.91 Å². The second-order valence-corrected chi connectivity index (χ2v) is 6.37. The summed E-state index contributed by atoms with van der Waals surface area (Å²) in [6, 6.07) is 12.4. The van der Waals surface area contributed by atoms with Gasteiger partial charge < -0.3 is 4.90 Å². The van der Waals surface area contributed by atoms with E-state index in [1.807, 2.05) is 23.1 Å². The van der Waals surface area contributed by atoms with Gasteiger partial charge in [-0.25, -0.2) is 0 Å². The molecule has 1 aromatic heterocycles. The number of para-hydroxylation sites is 1. The van der Waals surface area contributed by atoms with Gasteiger partial charge >= 0.3 is 0 Å². The minimum absolute atomic E-state index is 0.0325. The second kappa shape index (κ2) is 6.63. The number of hydrogen-bond acceptors (Lipinski definition) is 3. The molecule has 116 valence electrons. The van der Waals surface area contributed by atoms with Crippen LogP contribution in [0.1, 0.15) is 12.6 Å². The molecule has 1 amide bonds. The van der Waals surface area contributed by atoms with Crippen molar-refractivity contribution >= 4 is 28.4 Å². The summed E-state index contributed by atoms with van der Waals surface area (Å²) in [4.78, 5) is 20.8. The third-order valence-electron chi connectivity index (χ3n) is 4.07. The number of fused-ring (bicyclic) bond motifs is 1. The van der Waals surface area contributed by atoms with Crippen LogP contribution in [-0.2, 0) is 11.3 Å². The Balaban J connectivity index is 1.61. The van der Waals surface area contributed by atoms with Crippen LogP contribution in [0.3, 0.4) is 0 Å². The number of hydrogen-bond donors (Lipinski definition) is 0. The van der Waals surface area contributed by atoms with Crippen molar-refractivity contribution in [2.45, 2.75) is 18.8 Å². The highest BCUT2D eigenvalue weighted by Crippen LogP contribution is 2.14. The molecule has 1 saturated heterocycles. The van der Waals surface area contributed by atoms with Crippen LogP contribution < -0.4 is 0 Å². The zero-order chi connectivity index (χ0) is 15.5. The van der Waals surface area contributed by atoms with E-state index in [1.165, 1.54) is 0 Å². The van der Waals surface area contributed by atoms with Crippen LogP contribution in [0.5, 0.6) is 0 Å². The zero-order valence-corrected chi connectivity index (χ0v) is 13.5. The molecular formula is C17H20ClN3O. The molecule has 1 atom stereocenters. The van der Waals surface area contributed by atoms with Crippen molar-refractivity contribution in [2.24, 2.45) is 0 Å². The van der Waals surface area contributed by atoms with E-state index < -0.39 is 5.38 Å². The standard InChI is InChI=1S/C17H20ClN3O/c1-13(18)17(22)21-10-8-20(9-11-21)12-15-7-6-14-4-2-3-5-16(14)19-15/h2-7,13H,8-12H2,1H3. The van der Waals surface area contributed by atoms with Gasteiger partial charge in [0.15, 0.2) is 0 Å². The lowest BCUT2D eigenvalue weighted by atomic mass is 10.2. The van der Waals surface area contributed by atoms with Crippen molar-refractivity contribution in [1.82, 2.24) is 14.8 Å². The predicted molar refractivity (Wildman–Crippen MR) is 88.9 cm³/mol. The summed E-state index contributed by atoms with van der Waals surface area (Å²) in [6.07, 6.45) is 0. The number of amides is 1. The van der Waals surface area contributed by atoms with Gasteiger partial charge in [0, 0.05) is 38.1 Å². The molecule has 3 rings (SSSR count). The summed E-state index contributed by atoms with van der Waals surface area (Å²) in [6.45, 7) is 5.76. The quantitative estimate of drug-likeness (QED) is 0.816. The van der Waals surface area contributed by atoms with Crippen molar-refractivity contribution in [3.63, 3.8) is 0 Å². The van der Waals surface area contributed by atoms with Gasteiger partial charge in [-0.1, -0.05) is 24.3 Å². The Bertz CT molecular complexity index is 666. The van der Waals surface area contributed by atoms with Crippen molar-refractivity contribution in [2.75, 3.05) is 26.2 Å². The number of aromatic nitrogens is 1. The Kier molecular flexibility index (Phi) is 4.60. The van der Waals surface area contributed by atoms with Crippen LogP contribution in [0.25, 0.3) is 10.9 Å². The molecule has 1 aliphatic heterocycles. The first-order valence-corrected chi connectivity index (χ1v) is 8.07. The number of benzene rings is 1. The van der Waals surface area contributed by atoms with E-state index >= 15 is 0 Å². The van der Waals surface area contributed by atoms with E-state index in [2.05, 4.69) is 23.1 Å². The fraction of sp³-hybridized carbons (Fsp3) is 0.412. The zero-order valence-electron chi connectivity index (χ0n) is 12.7. The molecule has 0 aliphatic carbocycles. The first-order chi connectivity index (χ1) is 10.6. The molecule has 2 aromatic rings. The van der Waals surface area contributed by atoms with Crippen LogP contribution in [0.4, 0.5) is 0 Å². The van der Waals surface area contributed by atoms with E-state index in [-0.39, 0.29) is 5.91 Å². The minimum Gasteiger partial charge on any atom is -0.339 e. The van der Waals surface area contributed by atoms with Crippen LogP contribution in [-0.4, -0.2) is 52.2 Å². The van der Waals surface area contributed by atoms with Crippen molar-refractivity contribution in [1.29, 1.82) is 0 Å². The molecule has 22 heavy (non-hydrogen) atoms. The van der Waals surface area contributed by atoms with Gasteiger partial charge in [0.05, 0.1) is 11.2 Å². The summed E-state index contributed by atoms with van der Waals surface area (Å²) in [5.74, 6) is 0.0325. The van der Waals surface area contributed by atoms with Gasteiger partial charge in [0.1, 0.15) is 5.38 Å². The fourth-order valence-electron chi connectivity index (χ4n) is 2.80. The van der Waals surface area contributed by atoms with Gasteiger partial charge in [-0.2, -0.15) is 0 Å². The monoisotopic (exact) mass is 317 g/mol. The van der Waals surface area contributed by atoms with E-state index in [4.69, 9.17) is 16.6 Å². The van der Waals surface area contributed by atoms with Gasteiger partial charge in [0.25, 0.3) is 0 Å². The van der Waals surface area contributed by atoms with Crippen molar-refractivity contribution < 1.29 is 4.79 Å². The molecule has 2 heterocycles. The Morgan fingerprint density at radius 3 is 2.64 bits per heavy atom. The molecule has 0 N–H and O–H groups in total. The highest BCUT2D eigenvalue weighted by atomic mass is 35.5. The van der Waals surface area contributed by atoms with Crippen LogP contribution in [0, 0.1) is 0 Å². The van der Waals surface area contributed by atoms with E-state index in [0.717, 1.165) is 49.3 Å². The maximum Gasteiger partial charge on any atom is 0.240 e. The molecule has 0 radical (unpaired) electrons. The largest absolute Gasteiger partial charge is 0.339 e. The van der Waals surface area contributed by atoms with Crippen molar-refractivity contribution in [3.8, 4) is 0 Å². The SMILES string of the molecule is CC(Cl)C(=O)N1CCN(Cc2ccc3ccccc3n2)CC1. The maximum absolute atomic E-state index is 11.9. The first kappa shape index (κ1) is 15.3. The van der Waals surface area contributed by atoms with Crippen LogP contribution in [0.15, 0.2) is 36.4 Å². The smallest absolute Gasteiger partial charge is 0.240 e. The normalized spacial score (nSPS) is 17.6. The Morgan fingerprint density at radius 2 is 1.91 bits per heavy atom.